The average Bonchev–Trinajstić information content (AvgIpc) is 2.46. The quantitative estimate of drug-likeness (QED) is 0.631. The summed E-state index contributed by atoms with van der Waals surface area (Å²) in [6.45, 7) is 6.55. The highest BCUT2D eigenvalue weighted by Crippen LogP contribution is 2.31. The highest BCUT2D eigenvalue weighted by atomic mass is 15.0. The van der Waals surface area contributed by atoms with Crippen molar-refractivity contribution in [3.63, 3.8) is 0 Å². The average molecular weight is 275 g/mol. The number of hydrogen-bond acceptors (Lipinski definition) is 1. The minimum absolute atomic E-state index is 0.0486. The van der Waals surface area contributed by atoms with Crippen LogP contribution in [0.4, 0.5) is 5.69 Å². The molecule has 0 saturated heterocycles. The maximum Gasteiger partial charge on any atom is 0.0423 e. The molecule has 3 aromatic carbocycles. The fraction of sp³-hybridized carbons (Fsp3) is 0.200. The number of para-hydroxylation sites is 1. The lowest BCUT2D eigenvalue weighted by Gasteiger charge is -2.24. The zero-order valence-corrected chi connectivity index (χ0v) is 12.9. The molecule has 1 nitrogen and oxygen atoms in total. The molecule has 0 heterocycles. The molecule has 0 aromatic heterocycles. The van der Waals surface area contributed by atoms with Gasteiger partial charge in [0.2, 0.25) is 0 Å². The van der Waals surface area contributed by atoms with Gasteiger partial charge in [-0.05, 0) is 49.2 Å². The molecule has 3 aromatic rings. The molecule has 0 radical (unpaired) electrons. The molecule has 21 heavy (non-hydrogen) atoms. The summed E-state index contributed by atoms with van der Waals surface area (Å²) in [7, 11) is 0. The summed E-state index contributed by atoms with van der Waals surface area (Å²) < 4.78 is 0. The second-order valence-electron chi connectivity index (χ2n) is 6.48. The van der Waals surface area contributed by atoms with Crippen molar-refractivity contribution < 1.29 is 0 Å². The van der Waals surface area contributed by atoms with Gasteiger partial charge in [0, 0.05) is 16.8 Å². The number of anilines is 1. The fourth-order valence-corrected chi connectivity index (χ4v) is 2.60. The Kier molecular flexibility index (Phi) is 3.42. The van der Waals surface area contributed by atoms with Crippen LogP contribution in [-0.4, -0.2) is 5.54 Å². The Morgan fingerprint density at radius 2 is 1.38 bits per heavy atom. The van der Waals surface area contributed by atoms with E-state index in [9.17, 15) is 0 Å². The molecule has 0 fully saturated rings. The van der Waals surface area contributed by atoms with Crippen LogP contribution in [0.2, 0.25) is 0 Å². The first-order valence-corrected chi connectivity index (χ1v) is 7.39. The highest BCUT2D eigenvalue weighted by Gasteiger charge is 2.12. The molecule has 0 saturated carbocycles. The molecule has 0 aliphatic rings. The van der Waals surface area contributed by atoms with Crippen molar-refractivity contribution in [1.82, 2.24) is 0 Å². The molecule has 0 spiro atoms. The number of fused-ring (bicyclic) bond motifs is 1. The molecular formula is C20H21N. The van der Waals surface area contributed by atoms with Crippen LogP contribution < -0.4 is 5.32 Å². The van der Waals surface area contributed by atoms with E-state index in [1.807, 2.05) is 0 Å². The third-order valence-electron chi connectivity index (χ3n) is 3.50. The van der Waals surface area contributed by atoms with Crippen LogP contribution in [0.3, 0.4) is 0 Å². The maximum atomic E-state index is 3.60. The maximum absolute atomic E-state index is 3.60. The van der Waals surface area contributed by atoms with E-state index < -0.39 is 0 Å². The second kappa shape index (κ2) is 5.25. The van der Waals surface area contributed by atoms with Crippen LogP contribution in [-0.2, 0) is 0 Å². The summed E-state index contributed by atoms with van der Waals surface area (Å²) in [6.07, 6.45) is 0. The smallest absolute Gasteiger partial charge is 0.0423 e. The third-order valence-corrected chi connectivity index (χ3v) is 3.50. The zero-order chi connectivity index (χ0) is 14.9. The summed E-state index contributed by atoms with van der Waals surface area (Å²) in [5.74, 6) is 0. The van der Waals surface area contributed by atoms with E-state index in [0.717, 1.165) is 0 Å². The van der Waals surface area contributed by atoms with Crippen molar-refractivity contribution in [2.45, 2.75) is 26.3 Å². The van der Waals surface area contributed by atoms with E-state index in [1.165, 1.54) is 27.6 Å². The molecule has 0 unspecified atom stereocenters. The first kappa shape index (κ1) is 13.7. The lowest BCUT2D eigenvalue weighted by atomic mass is 9.98. The van der Waals surface area contributed by atoms with E-state index in [1.54, 1.807) is 0 Å². The van der Waals surface area contributed by atoms with Crippen molar-refractivity contribution in [3.05, 3.63) is 66.7 Å². The van der Waals surface area contributed by atoms with Crippen molar-refractivity contribution in [1.29, 1.82) is 0 Å². The van der Waals surface area contributed by atoms with E-state index >= 15 is 0 Å². The standard InChI is InChI=1S/C20H21N/c1-20(2,3)21-19-11-7-6-10-18(19)17-13-12-15-8-4-5-9-16(15)14-17/h4-14,21H,1-3H3. The molecule has 0 bridgehead atoms. The molecule has 0 amide bonds. The van der Waals surface area contributed by atoms with Gasteiger partial charge in [-0.1, -0.05) is 54.6 Å². The molecule has 1 heteroatoms. The van der Waals surface area contributed by atoms with E-state index in [-0.39, 0.29) is 5.54 Å². The minimum Gasteiger partial charge on any atom is -0.380 e. The molecule has 3 rings (SSSR count). The highest BCUT2D eigenvalue weighted by molar-refractivity contribution is 5.89. The molecule has 1 N–H and O–H groups in total. The van der Waals surface area contributed by atoms with Gasteiger partial charge >= 0.3 is 0 Å². The molecule has 106 valence electrons. The Hall–Kier alpha value is -2.28. The lowest BCUT2D eigenvalue weighted by molar-refractivity contribution is 0.634. The number of benzene rings is 3. The predicted molar refractivity (Wildman–Crippen MR) is 92.8 cm³/mol. The first-order chi connectivity index (χ1) is 10.0. The number of rotatable bonds is 2. The van der Waals surface area contributed by atoms with Gasteiger partial charge in [-0.3, -0.25) is 0 Å². The van der Waals surface area contributed by atoms with Gasteiger partial charge in [0.05, 0.1) is 0 Å². The van der Waals surface area contributed by atoms with Crippen LogP contribution in [0.5, 0.6) is 0 Å². The Morgan fingerprint density at radius 3 is 2.14 bits per heavy atom. The van der Waals surface area contributed by atoms with Gasteiger partial charge in [-0.25, -0.2) is 0 Å². The second-order valence-corrected chi connectivity index (χ2v) is 6.48. The molecular weight excluding hydrogens is 254 g/mol. The van der Waals surface area contributed by atoms with Gasteiger partial charge in [0.25, 0.3) is 0 Å². The topological polar surface area (TPSA) is 12.0 Å². The van der Waals surface area contributed by atoms with Crippen molar-refractivity contribution in [2.24, 2.45) is 0 Å². The molecule has 0 atom stereocenters. The Labute approximate surface area is 126 Å². The van der Waals surface area contributed by atoms with Crippen molar-refractivity contribution in [3.8, 4) is 11.1 Å². The van der Waals surface area contributed by atoms with Gasteiger partial charge < -0.3 is 5.32 Å². The summed E-state index contributed by atoms with van der Waals surface area (Å²) in [4.78, 5) is 0. The van der Waals surface area contributed by atoms with E-state index in [4.69, 9.17) is 0 Å². The Bertz CT molecular complexity index is 766. The Morgan fingerprint density at radius 1 is 0.714 bits per heavy atom. The third kappa shape index (κ3) is 3.08. The summed E-state index contributed by atoms with van der Waals surface area (Å²) in [5, 5.41) is 6.15. The largest absolute Gasteiger partial charge is 0.380 e. The van der Waals surface area contributed by atoms with Crippen LogP contribution in [0, 0.1) is 0 Å². The fourth-order valence-electron chi connectivity index (χ4n) is 2.60. The van der Waals surface area contributed by atoms with Crippen LogP contribution in [0.15, 0.2) is 66.7 Å². The summed E-state index contributed by atoms with van der Waals surface area (Å²) in [6, 6.07) is 23.6. The van der Waals surface area contributed by atoms with E-state index in [0.29, 0.717) is 0 Å². The summed E-state index contributed by atoms with van der Waals surface area (Å²) >= 11 is 0. The van der Waals surface area contributed by atoms with Crippen LogP contribution in [0.1, 0.15) is 20.8 Å². The predicted octanol–water partition coefficient (Wildman–Crippen LogP) is 5.72. The van der Waals surface area contributed by atoms with Gasteiger partial charge in [0.1, 0.15) is 0 Å². The lowest BCUT2D eigenvalue weighted by Crippen LogP contribution is -2.26. The monoisotopic (exact) mass is 275 g/mol. The van der Waals surface area contributed by atoms with E-state index in [2.05, 4.69) is 92.8 Å². The zero-order valence-electron chi connectivity index (χ0n) is 12.9. The normalized spacial score (nSPS) is 11.6. The molecule has 0 aliphatic carbocycles. The van der Waals surface area contributed by atoms with Crippen LogP contribution >= 0.6 is 0 Å². The summed E-state index contributed by atoms with van der Waals surface area (Å²) in [5.41, 5.74) is 3.73. The first-order valence-electron chi connectivity index (χ1n) is 7.39. The van der Waals surface area contributed by atoms with Crippen molar-refractivity contribution >= 4 is 16.5 Å². The molecule has 0 aliphatic heterocycles. The Balaban J connectivity index is 2.10. The van der Waals surface area contributed by atoms with Crippen LogP contribution in [0.25, 0.3) is 21.9 Å². The number of hydrogen-bond donors (Lipinski definition) is 1. The van der Waals surface area contributed by atoms with Gasteiger partial charge in [-0.15, -0.1) is 0 Å². The van der Waals surface area contributed by atoms with Gasteiger partial charge in [0.15, 0.2) is 0 Å². The van der Waals surface area contributed by atoms with Gasteiger partial charge in [-0.2, -0.15) is 0 Å². The number of nitrogens with one attached hydrogen (secondary N) is 1. The SMILES string of the molecule is CC(C)(C)Nc1ccccc1-c1ccc2ccccc2c1. The minimum atomic E-state index is 0.0486. The van der Waals surface area contributed by atoms with Crippen molar-refractivity contribution in [2.75, 3.05) is 5.32 Å².